The van der Waals surface area contributed by atoms with Crippen LogP contribution in [0.2, 0.25) is 0 Å². The number of nitrogens with two attached hydrogens (primary N) is 1. The Hall–Kier alpha value is -1.03. The minimum atomic E-state index is 0.738. The molecule has 4 heteroatoms. The fraction of sp³-hybridized carbons (Fsp3) is 0.571. The van der Waals surface area contributed by atoms with E-state index in [1.807, 2.05) is 30.0 Å². The molecule has 0 radical (unpaired) electrons. The number of thioether (sulfide) groups is 1. The molecule has 1 aliphatic rings. The van der Waals surface area contributed by atoms with E-state index in [-0.39, 0.29) is 0 Å². The molecule has 0 amide bonds. The van der Waals surface area contributed by atoms with Gasteiger partial charge < -0.3 is 15.8 Å². The molecule has 0 bridgehead atoms. The Labute approximate surface area is 113 Å². The first kappa shape index (κ1) is 13.4. The second-order valence-corrected chi connectivity index (χ2v) is 5.90. The lowest BCUT2D eigenvalue weighted by molar-refractivity contribution is 0.318. The second-order valence-electron chi connectivity index (χ2n) is 4.75. The highest BCUT2D eigenvalue weighted by molar-refractivity contribution is 7.99. The predicted octanol–water partition coefficient (Wildman–Crippen LogP) is 3.22. The van der Waals surface area contributed by atoms with E-state index in [1.165, 1.54) is 17.9 Å². The lowest BCUT2D eigenvalue weighted by Crippen LogP contribution is -2.13. The molecule has 1 fully saturated rings. The number of anilines is 2. The van der Waals surface area contributed by atoms with Crippen LogP contribution in [0.25, 0.3) is 0 Å². The Bertz CT molecular complexity index is 378. The van der Waals surface area contributed by atoms with Crippen molar-refractivity contribution >= 4 is 23.1 Å². The van der Waals surface area contributed by atoms with Gasteiger partial charge in [0.2, 0.25) is 0 Å². The maximum absolute atomic E-state index is 5.89. The van der Waals surface area contributed by atoms with Gasteiger partial charge >= 0.3 is 0 Å². The summed E-state index contributed by atoms with van der Waals surface area (Å²) in [5, 5.41) is 3.47. The summed E-state index contributed by atoms with van der Waals surface area (Å²) in [5.41, 5.74) is 7.71. The van der Waals surface area contributed by atoms with Gasteiger partial charge in [-0.05, 0) is 36.3 Å². The maximum atomic E-state index is 5.89. The third-order valence-corrected chi connectivity index (χ3v) is 4.25. The summed E-state index contributed by atoms with van der Waals surface area (Å²) in [7, 11) is 0. The van der Waals surface area contributed by atoms with Crippen LogP contribution >= 0.6 is 11.8 Å². The standard InChI is InChI=1S/C14H22N2OS/c1-2-4-17-14-7-12(15)6-13(8-14)16-9-11-3-5-18-10-11/h6-8,11,16H,2-5,9-10,15H2,1H3. The quantitative estimate of drug-likeness (QED) is 0.776. The van der Waals surface area contributed by atoms with Crippen molar-refractivity contribution in [3.8, 4) is 5.75 Å². The zero-order valence-corrected chi connectivity index (χ0v) is 11.8. The van der Waals surface area contributed by atoms with Gasteiger partial charge in [-0.1, -0.05) is 6.92 Å². The number of ether oxygens (including phenoxy) is 1. The molecular formula is C14H22N2OS. The van der Waals surface area contributed by atoms with Crippen molar-refractivity contribution in [2.75, 3.05) is 35.7 Å². The van der Waals surface area contributed by atoms with Crippen molar-refractivity contribution < 1.29 is 4.74 Å². The van der Waals surface area contributed by atoms with Gasteiger partial charge in [0, 0.05) is 30.1 Å². The summed E-state index contributed by atoms with van der Waals surface area (Å²) >= 11 is 2.05. The van der Waals surface area contributed by atoms with Gasteiger partial charge in [-0.25, -0.2) is 0 Å². The summed E-state index contributed by atoms with van der Waals surface area (Å²) in [6.07, 6.45) is 2.33. The molecule has 2 rings (SSSR count). The summed E-state index contributed by atoms with van der Waals surface area (Å²) in [6, 6.07) is 5.89. The second kappa shape index (κ2) is 6.78. The summed E-state index contributed by atoms with van der Waals surface area (Å²) in [6.45, 7) is 3.87. The lowest BCUT2D eigenvalue weighted by Gasteiger charge is -2.13. The van der Waals surface area contributed by atoms with E-state index >= 15 is 0 Å². The first-order valence-corrected chi connectivity index (χ1v) is 7.78. The molecule has 1 aromatic carbocycles. The van der Waals surface area contributed by atoms with Crippen molar-refractivity contribution in [3.63, 3.8) is 0 Å². The molecule has 100 valence electrons. The predicted molar refractivity (Wildman–Crippen MR) is 80.6 cm³/mol. The van der Waals surface area contributed by atoms with Gasteiger partial charge in [0.15, 0.2) is 0 Å². The summed E-state index contributed by atoms with van der Waals surface area (Å²) < 4.78 is 5.62. The van der Waals surface area contributed by atoms with Gasteiger partial charge in [0.25, 0.3) is 0 Å². The minimum Gasteiger partial charge on any atom is -0.493 e. The van der Waals surface area contributed by atoms with Crippen LogP contribution in [0.4, 0.5) is 11.4 Å². The van der Waals surface area contributed by atoms with Gasteiger partial charge in [0.05, 0.1) is 6.61 Å². The van der Waals surface area contributed by atoms with Gasteiger partial charge in [-0.15, -0.1) is 0 Å². The van der Waals surface area contributed by atoms with E-state index in [0.717, 1.165) is 42.6 Å². The maximum Gasteiger partial charge on any atom is 0.123 e. The van der Waals surface area contributed by atoms with Crippen LogP contribution in [0, 0.1) is 5.92 Å². The number of benzene rings is 1. The highest BCUT2D eigenvalue weighted by atomic mass is 32.2. The Balaban J connectivity index is 1.91. The van der Waals surface area contributed by atoms with Crippen LogP contribution in [-0.2, 0) is 0 Å². The number of nitrogens with one attached hydrogen (secondary N) is 1. The van der Waals surface area contributed by atoms with Crippen LogP contribution in [0.15, 0.2) is 18.2 Å². The van der Waals surface area contributed by atoms with Crippen LogP contribution < -0.4 is 15.8 Å². The largest absolute Gasteiger partial charge is 0.493 e. The topological polar surface area (TPSA) is 47.3 Å². The fourth-order valence-electron chi connectivity index (χ4n) is 2.03. The molecule has 3 nitrogen and oxygen atoms in total. The zero-order valence-electron chi connectivity index (χ0n) is 10.9. The van der Waals surface area contributed by atoms with Crippen LogP contribution in [0.3, 0.4) is 0 Å². The number of rotatable bonds is 6. The Kier molecular flexibility index (Phi) is 5.05. The summed E-state index contributed by atoms with van der Waals surface area (Å²) in [4.78, 5) is 0. The Morgan fingerprint density at radius 1 is 1.44 bits per heavy atom. The molecule has 1 saturated heterocycles. The smallest absolute Gasteiger partial charge is 0.123 e. The minimum absolute atomic E-state index is 0.738. The molecule has 0 aromatic heterocycles. The average molecular weight is 266 g/mol. The van der Waals surface area contributed by atoms with Gasteiger partial charge in [0.1, 0.15) is 5.75 Å². The van der Waals surface area contributed by atoms with E-state index in [1.54, 1.807) is 0 Å². The molecule has 0 spiro atoms. The van der Waals surface area contributed by atoms with E-state index < -0.39 is 0 Å². The van der Waals surface area contributed by atoms with Crippen LogP contribution in [-0.4, -0.2) is 24.7 Å². The number of hydrogen-bond donors (Lipinski definition) is 2. The molecule has 0 aliphatic carbocycles. The molecular weight excluding hydrogens is 244 g/mol. The molecule has 1 atom stereocenters. The third kappa shape index (κ3) is 4.02. The molecule has 0 saturated carbocycles. The van der Waals surface area contributed by atoms with Crippen molar-refractivity contribution in [2.24, 2.45) is 5.92 Å². The van der Waals surface area contributed by atoms with Crippen molar-refractivity contribution in [1.29, 1.82) is 0 Å². The first-order chi connectivity index (χ1) is 8.78. The van der Waals surface area contributed by atoms with E-state index in [9.17, 15) is 0 Å². The van der Waals surface area contributed by atoms with E-state index in [0.29, 0.717) is 0 Å². The molecule has 1 unspecified atom stereocenters. The van der Waals surface area contributed by atoms with E-state index in [2.05, 4.69) is 12.2 Å². The van der Waals surface area contributed by atoms with Gasteiger partial charge in [-0.2, -0.15) is 11.8 Å². The SMILES string of the molecule is CCCOc1cc(N)cc(NCC2CCSC2)c1. The van der Waals surface area contributed by atoms with Crippen LogP contribution in [0.5, 0.6) is 5.75 Å². The van der Waals surface area contributed by atoms with Crippen molar-refractivity contribution in [1.82, 2.24) is 0 Å². The fourth-order valence-corrected chi connectivity index (χ4v) is 3.32. The van der Waals surface area contributed by atoms with Gasteiger partial charge in [-0.3, -0.25) is 0 Å². The Morgan fingerprint density at radius 3 is 3.06 bits per heavy atom. The monoisotopic (exact) mass is 266 g/mol. The molecule has 1 aromatic rings. The lowest BCUT2D eigenvalue weighted by atomic mass is 10.1. The van der Waals surface area contributed by atoms with Crippen molar-refractivity contribution in [3.05, 3.63) is 18.2 Å². The van der Waals surface area contributed by atoms with E-state index in [4.69, 9.17) is 10.5 Å². The molecule has 1 aliphatic heterocycles. The number of nitrogen functional groups attached to an aromatic ring is 1. The Morgan fingerprint density at radius 2 is 2.33 bits per heavy atom. The average Bonchev–Trinajstić information content (AvgIpc) is 2.86. The zero-order chi connectivity index (χ0) is 12.8. The molecule has 18 heavy (non-hydrogen) atoms. The molecule has 3 N–H and O–H groups in total. The summed E-state index contributed by atoms with van der Waals surface area (Å²) in [5.74, 6) is 4.22. The van der Waals surface area contributed by atoms with Crippen molar-refractivity contribution in [2.45, 2.75) is 19.8 Å². The third-order valence-electron chi connectivity index (χ3n) is 3.02. The highest BCUT2D eigenvalue weighted by Gasteiger charge is 2.14. The molecule has 1 heterocycles. The van der Waals surface area contributed by atoms with Crippen LogP contribution in [0.1, 0.15) is 19.8 Å². The first-order valence-electron chi connectivity index (χ1n) is 6.63. The normalized spacial score (nSPS) is 18.8. The number of hydrogen-bond acceptors (Lipinski definition) is 4. The highest BCUT2D eigenvalue weighted by Crippen LogP contribution is 2.26.